The number of rotatable bonds is 1. The zero-order valence-electron chi connectivity index (χ0n) is 7.08. The monoisotopic (exact) mass is 260 g/mol. The van der Waals surface area contributed by atoms with Gasteiger partial charge in [-0.05, 0) is 28.4 Å². The molecule has 0 aliphatic carbocycles. The fraction of sp³-hybridized carbons (Fsp3) is 0.375. The Balaban J connectivity index is 2.27. The first kappa shape index (κ1) is 9.18. The second-order valence-electron chi connectivity index (χ2n) is 3.06. The van der Waals surface area contributed by atoms with E-state index in [2.05, 4.69) is 26.6 Å². The van der Waals surface area contributed by atoms with E-state index in [0.717, 1.165) is 10.0 Å². The van der Waals surface area contributed by atoms with Crippen LogP contribution in [0, 0.1) is 0 Å². The van der Waals surface area contributed by atoms with Gasteiger partial charge in [-0.25, -0.2) is 0 Å². The summed E-state index contributed by atoms with van der Waals surface area (Å²) in [6.45, 7) is 0.479. The van der Waals surface area contributed by atoms with Crippen LogP contribution in [0.2, 0.25) is 0 Å². The normalized spacial score (nSPS) is 23.5. The number of nitrogens with one attached hydrogen (secondary N) is 1. The van der Waals surface area contributed by atoms with E-state index in [-0.39, 0.29) is 12.1 Å². The maximum absolute atomic E-state index is 11.1. The molecule has 1 aliphatic rings. The zero-order valence-corrected chi connectivity index (χ0v) is 9.48. The standard InChI is InChI=1S/C8H9BrN2OS/c1-11-2-7(12)10-8(11)5-3-13-4-6(5)9/h3-4,8H,2H2,1H3,(H,10,12). The van der Waals surface area contributed by atoms with E-state index >= 15 is 0 Å². The average Bonchev–Trinajstić information content (AvgIpc) is 2.58. The lowest BCUT2D eigenvalue weighted by Crippen LogP contribution is -2.24. The van der Waals surface area contributed by atoms with Crippen molar-refractivity contribution in [3.63, 3.8) is 0 Å². The minimum absolute atomic E-state index is 0.0353. The molecule has 5 heteroatoms. The Morgan fingerprint density at radius 3 is 2.92 bits per heavy atom. The lowest BCUT2D eigenvalue weighted by atomic mass is 10.2. The van der Waals surface area contributed by atoms with Crippen molar-refractivity contribution in [3.05, 3.63) is 20.8 Å². The van der Waals surface area contributed by atoms with Crippen LogP contribution < -0.4 is 5.32 Å². The van der Waals surface area contributed by atoms with Crippen LogP contribution in [0.3, 0.4) is 0 Å². The van der Waals surface area contributed by atoms with Crippen LogP contribution in [0.1, 0.15) is 11.7 Å². The molecule has 1 atom stereocenters. The van der Waals surface area contributed by atoms with Gasteiger partial charge in [-0.1, -0.05) is 0 Å². The molecule has 0 radical (unpaired) electrons. The summed E-state index contributed by atoms with van der Waals surface area (Å²) in [6, 6.07) is 0. The molecule has 0 saturated carbocycles. The van der Waals surface area contributed by atoms with E-state index in [1.54, 1.807) is 11.3 Å². The summed E-state index contributed by atoms with van der Waals surface area (Å²) in [4.78, 5) is 13.1. The van der Waals surface area contributed by atoms with Crippen molar-refractivity contribution >= 4 is 33.2 Å². The Bertz CT molecular complexity index is 339. The Kier molecular flexibility index (Phi) is 2.40. The summed E-state index contributed by atoms with van der Waals surface area (Å²) in [5.74, 6) is 0.0885. The van der Waals surface area contributed by atoms with Crippen LogP contribution in [0.15, 0.2) is 15.2 Å². The smallest absolute Gasteiger partial charge is 0.235 e. The molecule has 0 spiro atoms. The Labute approximate surface area is 88.9 Å². The minimum atomic E-state index is 0.0353. The van der Waals surface area contributed by atoms with Crippen molar-refractivity contribution in [2.24, 2.45) is 0 Å². The van der Waals surface area contributed by atoms with Crippen LogP contribution in [0.4, 0.5) is 0 Å². The van der Waals surface area contributed by atoms with Crippen LogP contribution >= 0.6 is 27.3 Å². The molecule has 1 N–H and O–H groups in total. The number of hydrogen-bond donors (Lipinski definition) is 1. The summed E-state index contributed by atoms with van der Waals surface area (Å²) in [6.07, 6.45) is 0.0353. The van der Waals surface area contributed by atoms with E-state index in [9.17, 15) is 4.79 Å². The fourth-order valence-corrected chi connectivity index (χ4v) is 2.96. The summed E-state index contributed by atoms with van der Waals surface area (Å²) < 4.78 is 1.07. The number of thiophene rings is 1. The van der Waals surface area contributed by atoms with Gasteiger partial charge in [0.2, 0.25) is 5.91 Å². The van der Waals surface area contributed by atoms with Crippen molar-refractivity contribution in [2.45, 2.75) is 6.17 Å². The largest absolute Gasteiger partial charge is 0.335 e. The molecule has 1 aromatic rings. The predicted molar refractivity (Wildman–Crippen MR) is 55.5 cm³/mol. The molecule has 1 unspecified atom stereocenters. The molecule has 0 bridgehead atoms. The number of carbonyl (C=O) groups is 1. The highest BCUT2D eigenvalue weighted by Crippen LogP contribution is 2.30. The first-order valence-corrected chi connectivity index (χ1v) is 5.63. The number of halogens is 1. The molecule has 1 fully saturated rings. The Morgan fingerprint density at radius 2 is 2.46 bits per heavy atom. The lowest BCUT2D eigenvalue weighted by Gasteiger charge is -2.17. The van der Waals surface area contributed by atoms with Crippen LogP contribution in [-0.4, -0.2) is 24.4 Å². The van der Waals surface area contributed by atoms with E-state index < -0.39 is 0 Å². The van der Waals surface area contributed by atoms with Crippen molar-refractivity contribution in [1.29, 1.82) is 0 Å². The second-order valence-corrected chi connectivity index (χ2v) is 4.66. The third kappa shape index (κ3) is 1.63. The third-order valence-corrected chi connectivity index (χ3v) is 3.82. The van der Waals surface area contributed by atoms with Gasteiger partial charge in [-0.3, -0.25) is 9.69 Å². The van der Waals surface area contributed by atoms with E-state index in [1.165, 1.54) is 0 Å². The minimum Gasteiger partial charge on any atom is -0.335 e. The van der Waals surface area contributed by atoms with E-state index in [0.29, 0.717) is 6.54 Å². The molecule has 1 amide bonds. The highest BCUT2D eigenvalue weighted by Gasteiger charge is 2.29. The van der Waals surface area contributed by atoms with Gasteiger partial charge in [-0.2, -0.15) is 11.3 Å². The summed E-state index contributed by atoms with van der Waals surface area (Å²) in [5.41, 5.74) is 1.14. The maximum Gasteiger partial charge on any atom is 0.235 e. The van der Waals surface area contributed by atoms with Gasteiger partial charge in [0.1, 0.15) is 6.17 Å². The van der Waals surface area contributed by atoms with Crippen LogP contribution in [0.5, 0.6) is 0 Å². The quantitative estimate of drug-likeness (QED) is 0.832. The van der Waals surface area contributed by atoms with Gasteiger partial charge in [0.05, 0.1) is 6.54 Å². The van der Waals surface area contributed by atoms with Crippen LogP contribution in [-0.2, 0) is 4.79 Å². The van der Waals surface area contributed by atoms with Gasteiger partial charge in [0, 0.05) is 15.4 Å². The highest BCUT2D eigenvalue weighted by atomic mass is 79.9. The third-order valence-electron chi connectivity index (χ3n) is 2.07. The van der Waals surface area contributed by atoms with Gasteiger partial charge >= 0.3 is 0 Å². The number of amides is 1. The summed E-state index contributed by atoms with van der Waals surface area (Å²) in [7, 11) is 1.94. The molecule has 1 saturated heterocycles. The molecule has 0 aromatic carbocycles. The summed E-state index contributed by atoms with van der Waals surface area (Å²) >= 11 is 5.09. The van der Waals surface area contributed by atoms with E-state index in [1.807, 2.05) is 17.3 Å². The number of nitrogens with zero attached hydrogens (tertiary/aromatic N) is 1. The molecule has 3 nitrogen and oxygen atoms in total. The molecule has 1 aliphatic heterocycles. The van der Waals surface area contributed by atoms with Crippen molar-refractivity contribution in [3.8, 4) is 0 Å². The molecule has 70 valence electrons. The maximum atomic E-state index is 11.1. The van der Waals surface area contributed by atoms with Gasteiger partial charge < -0.3 is 5.32 Å². The fourth-order valence-electron chi connectivity index (χ4n) is 1.43. The molecule has 1 aromatic heterocycles. The lowest BCUT2D eigenvalue weighted by molar-refractivity contribution is -0.118. The molecule has 2 heterocycles. The average molecular weight is 261 g/mol. The SMILES string of the molecule is CN1CC(=O)NC1c1cscc1Br. The van der Waals surface area contributed by atoms with Gasteiger partial charge in [-0.15, -0.1) is 0 Å². The molecular formula is C8H9BrN2OS. The highest BCUT2D eigenvalue weighted by molar-refractivity contribution is 9.10. The van der Waals surface area contributed by atoms with Gasteiger partial charge in [0.25, 0.3) is 0 Å². The summed E-state index contributed by atoms with van der Waals surface area (Å²) in [5, 5.41) is 6.98. The molecular weight excluding hydrogens is 252 g/mol. The van der Waals surface area contributed by atoms with Crippen molar-refractivity contribution in [2.75, 3.05) is 13.6 Å². The Hall–Kier alpha value is -0.390. The molecule has 13 heavy (non-hydrogen) atoms. The first-order chi connectivity index (χ1) is 6.18. The van der Waals surface area contributed by atoms with E-state index in [4.69, 9.17) is 0 Å². The topological polar surface area (TPSA) is 32.3 Å². The number of hydrogen-bond acceptors (Lipinski definition) is 3. The number of carbonyl (C=O) groups excluding carboxylic acids is 1. The Morgan fingerprint density at radius 1 is 1.69 bits per heavy atom. The molecule has 2 rings (SSSR count). The van der Waals surface area contributed by atoms with Crippen molar-refractivity contribution < 1.29 is 4.79 Å². The van der Waals surface area contributed by atoms with Crippen molar-refractivity contribution in [1.82, 2.24) is 10.2 Å². The number of likely N-dealkylation sites (N-methyl/N-ethyl adjacent to an activating group) is 1. The first-order valence-electron chi connectivity index (χ1n) is 3.89. The second kappa shape index (κ2) is 3.40. The van der Waals surface area contributed by atoms with Crippen LogP contribution in [0.25, 0.3) is 0 Å². The van der Waals surface area contributed by atoms with Gasteiger partial charge in [0.15, 0.2) is 0 Å². The zero-order chi connectivity index (χ0) is 9.42. The predicted octanol–water partition coefficient (Wildman–Crippen LogP) is 1.57.